The van der Waals surface area contributed by atoms with Crippen molar-refractivity contribution >= 4 is 5.91 Å². The van der Waals surface area contributed by atoms with Crippen molar-refractivity contribution in [2.45, 2.75) is 39.5 Å². The van der Waals surface area contributed by atoms with Crippen LogP contribution in [0.15, 0.2) is 48.5 Å². The van der Waals surface area contributed by atoms with Crippen LogP contribution in [0.4, 0.5) is 0 Å². The smallest absolute Gasteiger partial charge is 0.251 e. The van der Waals surface area contributed by atoms with Gasteiger partial charge in [-0.25, -0.2) is 0 Å². The van der Waals surface area contributed by atoms with Gasteiger partial charge in [-0.15, -0.1) is 0 Å². The standard InChI is InChI=1S/C23H30N2O3/c1-17-5-4-6-22(13-17)27-12-11-24-23(26)21-9-7-20(8-10-21)16-25-14-18(2)28-19(3)15-25/h4-10,13,18-19H,11-12,14-16H2,1-3H3,(H,24,26). The molecule has 5 nitrogen and oxygen atoms in total. The van der Waals surface area contributed by atoms with Crippen LogP contribution >= 0.6 is 0 Å². The molecular weight excluding hydrogens is 352 g/mol. The first-order valence-corrected chi connectivity index (χ1v) is 9.94. The Morgan fingerprint density at radius 3 is 2.54 bits per heavy atom. The first-order valence-electron chi connectivity index (χ1n) is 9.94. The largest absolute Gasteiger partial charge is 0.492 e. The average Bonchev–Trinajstić information content (AvgIpc) is 2.65. The summed E-state index contributed by atoms with van der Waals surface area (Å²) in [7, 11) is 0. The Labute approximate surface area is 167 Å². The number of amides is 1. The van der Waals surface area contributed by atoms with Gasteiger partial charge in [-0.3, -0.25) is 9.69 Å². The average molecular weight is 383 g/mol. The molecule has 3 rings (SSSR count). The van der Waals surface area contributed by atoms with E-state index in [0.29, 0.717) is 18.7 Å². The van der Waals surface area contributed by atoms with E-state index in [4.69, 9.17) is 9.47 Å². The van der Waals surface area contributed by atoms with Gasteiger partial charge in [-0.05, 0) is 56.2 Å². The molecule has 1 aliphatic heterocycles. The van der Waals surface area contributed by atoms with Gasteiger partial charge in [0.2, 0.25) is 0 Å². The van der Waals surface area contributed by atoms with E-state index in [9.17, 15) is 4.79 Å². The molecule has 1 amide bonds. The maximum atomic E-state index is 12.3. The van der Waals surface area contributed by atoms with Gasteiger partial charge in [0, 0.05) is 25.2 Å². The van der Waals surface area contributed by atoms with Gasteiger partial charge in [-0.2, -0.15) is 0 Å². The number of nitrogens with zero attached hydrogens (tertiary/aromatic N) is 1. The third-order valence-electron chi connectivity index (χ3n) is 4.76. The van der Waals surface area contributed by atoms with Crippen LogP contribution in [-0.4, -0.2) is 49.3 Å². The number of aryl methyl sites for hydroxylation is 1. The lowest BCUT2D eigenvalue weighted by molar-refractivity contribution is -0.0704. The molecule has 0 aliphatic carbocycles. The molecule has 1 saturated heterocycles. The molecular formula is C23H30N2O3. The second kappa shape index (κ2) is 9.71. The lowest BCUT2D eigenvalue weighted by atomic mass is 10.1. The predicted octanol–water partition coefficient (Wildman–Crippen LogP) is 3.41. The third kappa shape index (κ3) is 6.08. The van der Waals surface area contributed by atoms with E-state index in [1.165, 1.54) is 5.56 Å². The Kier molecular flexibility index (Phi) is 7.06. The number of hydrogen-bond donors (Lipinski definition) is 1. The van der Waals surface area contributed by atoms with Crippen LogP contribution < -0.4 is 10.1 Å². The summed E-state index contributed by atoms with van der Waals surface area (Å²) in [6, 6.07) is 15.7. The molecule has 2 aromatic rings. The van der Waals surface area contributed by atoms with Crippen molar-refractivity contribution in [1.82, 2.24) is 10.2 Å². The molecule has 2 unspecified atom stereocenters. The Bertz CT molecular complexity index is 766. The summed E-state index contributed by atoms with van der Waals surface area (Å²) in [5.41, 5.74) is 3.03. The molecule has 0 spiro atoms. The number of ether oxygens (including phenoxy) is 2. The van der Waals surface area contributed by atoms with Crippen LogP contribution in [-0.2, 0) is 11.3 Å². The van der Waals surface area contributed by atoms with Crippen molar-refractivity contribution in [1.29, 1.82) is 0 Å². The highest BCUT2D eigenvalue weighted by Crippen LogP contribution is 2.15. The van der Waals surface area contributed by atoms with Crippen molar-refractivity contribution in [2.24, 2.45) is 0 Å². The third-order valence-corrected chi connectivity index (χ3v) is 4.76. The summed E-state index contributed by atoms with van der Waals surface area (Å²) in [5, 5.41) is 2.91. The van der Waals surface area contributed by atoms with E-state index < -0.39 is 0 Å². The molecule has 1 N–H and O–H groups in total. The fourth-order valence-electron chi connectivity index (χ4n) is 3.57. The molecule has 1 aliphatic rings. The molecule has 28 heavy (non-hydrogen) atoms. The number of morpholine rings is 1. The first kappa shape index (κ1) is 20.4. The second-order valence-electron chi connectivity index (χ2n) is 7.57. The summed E-state index contributed by atoms with van der Waals surface area (Å²) in [6.07, 6.45) is 0.520. The normalized spacial score (nSPS) is 20.0. The van der Waals surface area contributed by atoms with Gasteiger partial charge < -0.3 is 14.8 Å². The fourth-order valence-corrected chi connectivity index (χ4v) is 3.57. The Balaban J connectivity index is 1.43. The first-order chi connectivity index (χ1) is 13.5. The maximum absolute atomic E-state index is 12.3. The highest BCUT2D eigenvalue weighted by molar-refractivity contribution is 5.94. The van der Waals surface area contributed by atoms with E-state index in [0.717, 1.165) is 30.9 Å². The van der Waals surface area contributed by atoms with E-state index in [1.807, 2.05) is 55.5 Å². The van der Waals surface area contributed by atoms with Gasteiger partial charge >= 0.3 is 0 Å². The van der Waals surface area contributed by atoms with Gasteiger partial charge in [0.25, 0.3) is 5.91 Å². The lowest BCUT2D eigenvalue weighted by Crippen LogP contribution is -2.44. The quantitative estimate of drug-likeness (QED) is 0.746. The van der Waals surface area contributed by atoms with E-state index in [1.54, 1.807) is 0 Å². The number of carbonyl (C=O) groups is 1. The van der Waals surface area contributed by atoms with Crippen molar-refractivity contribution in [3.63, 3.8) is 0 Å². The van der Waals surface area contributed by atoms with Gasteiger partial charge in [-0.1, -0.05) is 24.3 Å². The predicted molar refractivity (Wildman–Crippen MR) is 111 cm³/mol. The number of benzene rings is 2. The monoisotopic (exact) mass is 382 g/mol. The minimum atomic E-state index is -0.0759. The molecule has 1 fully saturated rings. The van der Waals surface area contributed by atoms with Crippen molar-refractivity contribution in [3.05, 3.63) is 65.2 Å². The number of carbonyl (C=O) groups excluding carboxylic acids is 1. The topological polar surface area (TPSA) is 50.8 Å². The van der Waals surface area contributed by atoms with Crippen molar-refractivity contribution in [2.75, 3.05) is 26.2 Å². The summed E-state index contributed by atoms with van der Waals surface area (Å²) in [5.74, 6) is 0.748. The highest BCUT2D eigenvalue weighted by atomic mass is 16.5. The molecule has 5 heteroatoms. The Morgan fingerprint density at radius 2 is 1.86 bits per heavy atom. The van der Waals surface area contributed by atoms with Gasteiger partial charge in [0.1, 0.15) is 12.4 Å². The zero-order valence-electron chi connectivity index (χ0n) is 17.0. The zero-order chi connectivity index (χ0) is 19.9. The van der Waals surface area contributed by atoms with Gasteiger partial charge in [0.15, 0.2) is 0 Å². The van der Waals surface area contributed by atoms with Crippen LogP contribution in [0.3, 0.4) is 0 Å². The molecule has 0 aromatic heterocycles. The maximum Gasteiger partial charge on any atom is 0.251 e. The highest BCUT2D eigenvalue weighted by Gasteiger charge is 2.22. The van der Waals surface area contributed by atoms with Crippen LogP contribution in [0.1, 0.15) is 35.3 Å². The van der Waals surface area contributed by atoms with E-state index in [-0.39, 0.29) is 18.1 Å². The summed E-state index contributed by atoms with van der Waals surface area (Å²) >= 11 is 0. The number of hydrogen-bond acceptors (Lipinski definition) is 4. The van der Waals surface area contributed by atoms with E-state index in [2.05, 4.69) is 24.1 Å². The van der Waals surface area contributed by atoms with Crippen LogP contribution in [0.2, 0.25) is 0 Å². The minimum Gasteiger partial charge on any atom is -0.492 e. The number of nitrogens with one attached hydrogen (secondary N) is 1. The summed E-state index contributed by atoms with van der Waals surface area (Å²) in [4.78, 5) is 14.7. The molecule has 2 aromatic carbocycles. The van der Waals surface area contributed by atoms with Crippen molar-refractivity contribution in [3.8, 4) is 5.75 Å². The number of rotatable bonds is 7. The molecule has 1 heterocycles. The fraction of sp³-hybridized carbons (Fsp3) is 0.435. The van der Waals surface area contributed by atoms with Crippen LogP contribution in [0.5, 0.6) is 5.75 Å². The molecule has 0 saturated carbocycles. The van der Waals surface area contributed by atoms with E-state index >= 15 is 0 Å². The van der Waals surface area contributed by atoms with Crippen LogP contribution in [0, 0.1) is 6.92 Å². The van der Waals surface area contributed by atoms with Crippen molar-refractivity contribution < 1.29 is 14.3 Å². The molecule has 2 atom stereocenters. The summed E-state index contributed by atoms with van der Waals surface area (Å²) in [6.45, 7) is 9.92. The molecule has 150 valence electrons. The minimum absolute atomic E-state index is 0.0759. The molecule has 0 radical (unpaired) electrons. The Morgan fingerprint density at radius 1 is 1.14 bits per heavy atom. The zero-order valence-corrected chi connectivity index (χ0v) is 17.0. The lowest BCUT2D eigenvalue weighted by Gasteiger charge is -2.35. The SMILES string of the molecule is Cc1cccc(OCCNC(=O)c2ccc(CN3CC(C)OC(C)C3)cc2)c1. The molecule has 0 bridgehead atoms. The van der Waals surface area contributed by atoms with Gasteiger partial charge in [0.05, 0.1) is 18.8 Å². The second-order valence-corrected chi connectivity index (χ2v) is 7.57. The summed E-state index contributed by atoms with van der Waals surface area (Å²) < 4.78 is 11.4. The van der Waals surface area contributed by atoms with Crippen LogP contribution in [0.25, 0.3) is 0 Å². The Hall–Kier alpha value is -2.37.